The van der Waals surface area contributed by atoms with E-state index >= 15 is 4.39 Å². The minimum atomic E-state index is -4.50. The molecule has 1 amide bonds. The maximum absolute atomic E-state index is 15.2. The summed E-state index contributed by atoms with van der Waals surface area (Å²) in [7, 11) is 0. The van der Waals surface area contributed by atoms with E-state index < -0.39 is 29.5 Å². The largest absolute Gasteiger partial charge is 0.491 e. The molecule has 0 saturated heterocycles. The van der Waals surface area contributed by atoms with Crippen LogP contribution in [0.5, 0.6) is 5.75 Å². The quantitative estimate of drug-likeness (QED) is 0.525. The number of amides is 1. The first-order valence-corrected chi connectivity index (χ1v) is 11.3. The Bertz CT molecular complexity index is 1370. The molecule has 6 rings (SSSR count). The number of hydrogen-bond donors (Lipinski definition) is 1. The van der Waals surface area contributed by atoms with Crippen LogP contribution in [0.25, 0.3) is 10.9 Å². The Kier molecular flexibility index (Phi) is 4.93. The summed E-state index contributed by atoms with van der Waals surface area (Å²) in [4.78, 5) is 19.5. The van der Waals surface area contributed by atoms with Gasteiger partial charge in [0.25, 0.3) is 5.91 Å². The maximum Gasteiger partial charge on any atom is 0.416 e. The topological polar surface area (TPSA) is 77.7 Å². The molecule has 1 fully saturated rings. The number of alkyl halides is 3. The van der Waals surface area contributed by atoms with Crippen LogP contribution in [0.15, 0.2) is 30.3 Å². The zero-order valence-electron chi connectivity index (χ0n) is 18.5. The number of aromatic nitrogens is 1. The predicted octanol–water partition coefficient (Wildman–Crippen LogP) is 4.99. The van der Waals surface area contributed by atoms with E-state index in [0.717, 1.165) is 36.1 Å². The number of ether oxygens (including phenoxy) is 2. The van der Waals surface area contributed by atoms with Gasteiger partial charge in [-0.05, 0) is 42.5 Å². The molecule has 3 heterocycles. The lowest BCUT2D eigenvalue weighted by Gasteiger charge is -2.29. The Morgan fingerprint density at radius 2 is 1.91 bits per heavy atom. The molecule has 0 spiro atoms. The van der Waals surface area contributed by atoms with Crippen LogP contribution in [-0.2, 0) is 24.1 Å². The summed E-state index contributed by atoms with van der Waals surface area (Å²) in [6.07, 6.45) is -2.63. The second kappa shape index (κ2) is 7.81. The van der Waals surface area contributed by atoms with Gasteiger partial charge in [0, 0.05) is 29.1 Å². The first kappa shape index (κ1) is 22.1. The minimum absolute atomic E-state index is 0.00559. The first-order chi connectivity index (χ1) is 16.7. The van der Waals surface area contributed by atoms with Gasteiger partial charge in [-0.3, -0.25) is 4.79 Å². The number of carbonyl (C=O) groups excluding carboxylic acids is 1. The first-order valence-electron chi connectivity index (χ1n) is 11.3. The van der Waals surface area contributed by atoms with Crippen molar-refractivity contribution in [1.82, 2.24) is 9.88 Å². The van der Waals surface area contributed by atoms with E-state index in [9.17, 15) is 18.0 Å². The van der Waals surface area contributed by atoms with E-state index in [-0.39, 0.29) is 36.3 Å². The van der Waals surface area contributed by atoms with Crippen LogP contribution >= 0.6 is 0 Å². The van der Waals surface area contributed by atoms with Gasteiger partial charge in [-0.15, -0.1) is 0 Å². The summed E-state index contributed by atoms with van der Waals surface area (Å²) in [5.41, 5.74) is 7.38. The van der Waals surface area contributed by atoms with Crippen molar-refractivity contribution in [1.29, 1.82) is 0 Å². The smallest absolute Gasteiger partial charge is 0.416 e. The molecule has 0 bridgehead atoms. The highest BCUT2D eigenvalue weighted by atomic mass is 19.4. The second-order valence-electron chi connectivity index (χ2n) is 9.27. The van der Waals surface area contributed by atoms with E-state index in [1.165, 1.54) is 23.1 Å². The standard InChI is InChI=1S/C25H21F4N3O3/c26-19-7-20-15(17-9-34-10-18(17)23(30)31-20)6-16(19)24(33)32(8-12-1-2-12)21-11-35-22-5-13(25(27,28)29)3-4-14(21)22/h3-7,12,21H,1-2,8-11H2,(H2,30,31)/t21-/m0/s1. The van der Waals surface area contributed by atoms with E-state index in [2.05, 4.69) is 4.98 Å². The SMILES string of the molecule is Nc1nc2cc(F)c(C(=O)N(CC3CC3)[C@H]3COc4cc(C(F)(F)F)ccc43)cc2c2c1COC2. The van der Waals surface area contributed by atoms with E-state index in [4.69, 9.17) is 15.2 Å². The third kappa shape index (κ3) is 3.76. The van der Waals surface area contributed by atoms with Crippen LogP contribution in [0.4, 0.5) is 23.4 Å². The van der Waals surface area contributed by atoms with E-state index in [1.807, 2.05) is 0 Å². The van der Waals surface area contributed by atoms with Gasteiger partial charge in [0.05, 0.1) is 35.9 Å². The van der Waals surface area contributed by atoms with Gasteiger partial charge in [-0.2, -0.15) is 13.2 Å². The minimum Gasteiger partial charge on any atom is -0.491 e. The Labute approximate surface area is 197 Å². The number of halogens is 4. The molecule has 182 valence electrons. The molecule has 1 aliphatic carbocycles. The molecule has 2 N–H and O–H groups in total. The van der Waals surface area contributed by atoms with Gasteiger partial charge in [0.15, 0.2) is 0 Å². The van der Waals surface area contributed by atoms with E-state index in [0.29, 0.717) is 29.6 Å². The summed E-state index contributed by atoms with van der Waals surface area (Å²) >= 11 is 0. The van der Waals surface area contributed by atoms with Crippen molar-refractivity contribution in [2.45, 2.75) is 38.3 Å². The Morgan fingerprint density at radius 1 is 1.14 bits per heavy atom. The van der Waals surface area contributed by atoms with Gasteiger partial charge in [-0.1, -0.05) is 6.07 Å². The molecule has 0 unspecified atom stereocenters. The molecule has 6 nitrogen and oxygen atoms in total. The third-order valence-electron chi connectivity index (χ3n) is 6.93. The lowest BCUT2D eigenvalue weighted by Crippen LogP contribution is -2.38. The van der Waals surface area contributed by atoms with Gasteiger partial charge in [0.1, 0.15) is 24.0 Å². The fraction of sp³-hybridized carbons (Fsp3) is 0.360. The fourth-order valence-corrected chi connectivity index (χ4v) is 4.87. The number of nitrogens with two attached hydrogens (primary N) is 1. The molecular formula is C25H21F4N3O3. The second-order valence-corrected chi connectivity index (χ2v) is 9.27. The van der Waals surface area contributed by atoms with E-state index in [1.54, 1.807) is 0 Å². The lowest BCUT2D eigenvalue weighted by atomic mass is 10.00. The van der Waals surface area contributed by atoms with Crippen molar-refractivity contribution >= 4 is 22.6 Å². The zero-order valence-corrected chi connectivity index (χ0v) is 18.5. The summed E-state index contributed by atoms with van der Waals surface area (Å²) in [6.45, 7) is 0.960. The third-order valence-corrected chi connectivity index (χ3v) is 6.93. The van der Waals surface area contributed by atoms with Crippen LogP contribution < -0.4 is 10.5 Å². The van der Waals surface area contributed by atoms with Crippen molar-refractivity contribution in [3.05, 3.63) is 64.0 Å². The average Bonchev–Trinajstić information content (AvgIpc) is 3.32. The van der Waals surface area contributed by atoms with Gasteiger partial charge >= 0.3 is 6.18 Å². The maximum atomic E-state index is 15.2. The molecule has 3 aliphatic rings. The normalized spacial score (nSPS) is 18.9. The van der Waals surface area contributed by atoms with Gasteiger partial charge in [-0.25, -0.2) is 9.37 Å². The van der Waals surface area contributed by atoms with Gasteiger partial charge in [0.2, 0.25) is 0 Å². The highest BCUT2D eigenvalue weighted by molar-refractivity contribution is 6.00. The molecule has 2 aromatic carbocycles. The van der Waals surface area contributed by atoms with Crippen LogP contribution in [-0.4, -0.2) is 28.9 Å². The molecule has 1 aromatic heterocycles. The van der Waals surface area contributed by atoms with Crippen molar-refractivity contribution in [3.8, 4) is 5.75 Å². The monoisotopic (exact) mass is 487 g/mol. The molecule has 1 atom stereocenters. The Hall–Kier alpha value is -3.40. The highest BCUT2D eigenvalue weighted by Crippen LogP contribution is 2.43. The highest BCUT2D eigenvalue weighted by Gasteiger charge is 2.39. The molecule has 10 heteroatoms. The molecule has 1 saturated carbocycles. The number of nitrogen functional groups attached to an aromatic ring is 1. The fourth-order valence-electron chi connectivity index (χ4n) is 4.87. The van der Waals surface area contributed by atoms with Crippen LogP contribution in [0.3, 0.4) is 0 Å². The Balaban J connectivity index is 1.40. The van der Waals surface area contributed by atoms with Gasteiger partial charge < -0.3 is 20.1 Å². The number of hydrogen-bond acceptors (Lipinski definition) is 5. The van der Waals surface area contributed by atoms with Crippen LogP contribution in [0.1, 0.15) is 51.5 Å². The van der Waals surface area contributed by atoms with Crippen molar-refractivity contribution in [2.24, 2.45) is 5.92 Å². The number of carbonyl (C=O) groups is 1. The predicted molar refractivity (Wildman–Crippen MR) is 118 cm³/mol. The zero-order chi connectivity index (χ0) is 24.5. The molecule has 0 radical (unpaired) electrons. The number of pyridine rings is 1. The Morgan fingerprint density at radius 3 is 2.66 bits per heavy atom. The van der Waals surface area contributed by atoms with Crippen molar-refractivity contribution in [2.75, 3.05) is 18.9 Å². The number of nitrogens with zero attached hydrogens (tertiary/aromatic N) is 2. The van der Waals surface area contributed by atoms with Crippen molar-refractivity contribution < 1.29 is 31.8 Å². The van der Waals surface area contributed by atoms with Crippen LogP contribution in [0.2, 0.25) is 0 Å². The molecule has 2 aliphatic heterocycles. The summed E-state index contributed by atoms with van der Waals surface area (Å²) in [6, 6.07) is 5.34. The number of anilines is 1. The van der Waals surface area contributed by atoms with Crippen molar-refractivity contribution in [3.63, 3.8) is 0 Å². The molecule has 35 heavy (non-hydrogen) atoms. The number of fused-ring (bicyclic) bond motifs is 4. The van der Waals surface area contributed by atoms with Crippen LogP contribution in [0, 0.1) is 11.7 Å². The molecular weight excluding hydrogens is 466 g/mol. The molecule has 3 aromatic rings. The lowest BCUT2D eigenvalue weighted by molar-refractivity contribution is -0.137. The number of benzene rings is 2. The summed E-state index contributed by atoms with van der Waals surface area (Å²) < 4.78 is 65.7. The average molecular weight is 487 g/mol. The number of rotatable bonds is 4. The summed E-state index contributed by atoms with van der Waals surface area (Å²) in [5, 5.41) is 0.598. The summed E-state index contributed by atoms with van der Waals surface area (Å²) in [5.74, 6) is -0.647.